The van der Waals surface area contributed by atoms with Gasteiger partial charge in [0.25, 0.3) is 5.91 Å². The van der Waals surface area contributed by atoms with Gasteiger partial charge in [-0.2, -0.15) is 0 Å². The summed E-state index contributed by atoms with van der Waals surface area (Å²) >= 11 is 6.22. The maximum absolute atomic E-state index is 12.4. The molecule has 1 N–H and O–H groups in total. The third-order valence-corrected chi connectivity index (χ3v) is 4.45. The van der Waals surface area contributed by atoms with E-state index in [4.69, 9.17) is 25.8 Å². The molecule has 1 amide bonds. The first kappa shape index (κ1) is 20.4. The number of amides is 1. The molecule has 2 rings (SSSR count). The standard InChI is InChI=1S/C19H26ClNO5/c1-11(2)25-17-15(20)9-13(10-16(17)24-4)19(23)26-12(3)18(22)21-14-7-5-6-8-14/h9-12,14H,5-8H2,1-4H3,(H,21,22). The van der Waals surface area contributed by atoms with Crippen LogP contribution in [0.5, 0.6) is 11.5 Å². The molecule has 1 aliphatic carbocycles. The van der Waals surface area contributed by atoms with Crippen molar-refractivity contribution in [2.45, 2.75) is 64.7 Å². The highest BCUT2D eigenvalue weighted by atomic mass is 35.5. The molecule has 1 fully saturated rings. The summed E-state index contributed by atoms with van der Waals surface area (Å²) in [5.74, 6) is -0.229. The zero-order valence-electron chi connectivity index (χ0n) is 15.6. The van der Waals surface area contributed by atoms with E-state index in [1.165, 1.54) is 19.2 Å². The number of hydrogen-bond donors (Lipinski definition) is 1. The van der Waals surface area contributed by atoms with Crippen LogP contribution >= 0.6 is 11.6 Å². The molecule has 1 atom stereocenters. The van der Waals surface area contributed by atoms with Crippen molar-refractivity contribution in [1.82, 2.24) is 5.32 Å². The molecule has 26 heavy (non-hydrogen) atoms. The van der Waals surface area contributed by atoms with Crippen molar-refractivity contribution in [3.05, 3.63) is 22.7 Å². The monoisotopic (exact) mass is 383 g/mol. The molecule has 0 bridgehead atoms. The van der Waals surface area contributed by atoms with Gasteiger partial charge in [-0.15, -0.1) is 0 Å². The number of nitrogens with one attached hydrogen (secondary N) is 1. The molecule has 0 spiro atoms. The van der Waals surface area contributed by atoms with Crippen molar-refractivity contribution >= 4 is 23.5 Å². The molecule has 1 aliphatic rings. The highest BCUT2D eigenvalue weighted by Crippen LogP contribution is 2.37. The largest absolute Gasteiger partial charge is 0.493 e. The Balaban J connectivity index is 2.06. The van der Waals surface area contributed by atoms with Crippen LogP contribution in [0, 0.1) is 0 Å². The third kappa shape index (κ3) is 5.27. The van der Waals surface area contributed by atoms with E-state index in [2.05, 4.69) is 5.32 Å². The molecule has 1 saturated carbocycles. The van der Waals surface area contributed by atoms with Gasteiger partial charge in [0.05, 0.1) is 23.8 Å². The van der Waals surface area contributed by atoms with Gasteiger partial charge >= 0.3 is 5.97 Å². The summed E-state index contributed by atoms with van der Waals surface area (Å²) in [6.07, 6.45) is 3.18. The van der Waals surface area contributed by atoms with E-state index < -0.39 is 12.1 Å². The van der Waals surface area contributed by atoms with Crippen molar-refractivity contribution in [2.75, 3.05) is 7.11 Å². The van der Waals surface area contributed by atoms with E-state index in [-0.39, 0.29) is 28.6 Å². The van der Waals surface area contributed by atoms with Gasteiger partial charge < -0.3 is 19.5 Å². The van der Waals surface area contributed by atoms with Gasteiger partial charge in [0.1, 0.15) is 0 Å². The molecule has 7 heteroatoms. The molecule has 0 aliphatic heterocycles. The molecule has 1 aromatic rings. The highest BCUT2D eigenvalue weighted by molar-refractivity contribution is 6.32. The lowest BCUT2D eigenvalue weighted by Gasteiger charge is -2.18. The van der Waals surface area contributed by atoms with E-state index in [1.54, 1.807) is 6.92 Å². The van der Waals surface area contributed by atoms with Crippen molar-refractivity contribution in [3.8, 4) is 11.5 Å². The van der Waals surface area contributed by atoms with Crippen LogP contribution < -0.4 is 14.8 Å². The number of ether oxygens (including phenoxy) is 3. The van der Waals surface area contributed by atoms with Crippen LogP contribution in [0.1, 0.15) is 56.8 Å². The predicted molar refractivity (Wildman–Crippen MR) is 99.0 cm³/mol. The molecule has 0 radical (unpaired) electrons. The van der Waals surface area contributed by atoms with Gasteiger partial charge in [-0.1, -0.05) is 24.4 Å². The zero-order valence-corrected chi connectivity index (χ0v) is 16.4. The number of hydrogen-bond acceptors (Lipinski definition) is 5. The van der Waals surface area contributed by atoms with Crippen LogP contribution in [-0.4, -0.2) is 37.2 Å². The summed E-state index contributed by atoms with van der Waals surface area (Å²) in [4.78, 5) is 24.6. The molecular formula is C19H26ClNO5. The van der Waals surface area contributed by atoms with Crippen LogP contribution in [0.3, 0.4) is 0 Å². The van der Waals surface area contributed by atoms with E-state index >= 15 is 0 Å². The summed E-state index contributed by atoms with van der Waals surface area (Å²) < 4.78 is 16.2. The second kappa shape index (κ2) is 9.12. The summed E-state index contributed by atoms with van der Waals surface area (Å²) in [5.41, 5.74) is 0.198. The Kier molecular flexibility index (Phi) is 7.14. The number of rotatable bonds is 7. The zero-order chi connectivity index (χ0) is 19.3. The number of esters is 1. The van der Waals surface area contributed by atoms with Gasteiger partial charge in [-0.25, -0.2) is 4.79 Å². The Labute approximate surface area is 159 Å². The average molecular weight is 384 g/mol. The van der Waals surface area contributed by atoms with Crippen LogP contribution in [0.2, 0.25) is 5.02 Å². The topological polar surface area (TPSA) is 73.9 Å². The van der Waals surface area contributed by atoms with Gasteiger partial charge in [0.15, 0.2) is 17.6 Å². The third-order valence-electron chi connectivity index (χ3n) is 4.17. The minimum absolute atomic E-state index is 0.0986. The molecule has 144 valence electrons. The van der Waals surface area contributed by atoms with Gasteiger partial charge in [0.2, 0.25) is 0 Å². The normalized spacial score (nSPS) is 15.6. The number of carbonyl (C=O) groups is 2. The maximum Gasteiger partial charge on any atom is 0.339 e. The SMILES string of the molecule is COc1cc(C(=O)OC(C)C(=O)NC2CCCC2)cc(Cl)c1OC(C)C. The number of benzene rings is 1. The van der Waals surface area contributed by atoms with E-state index in [0.717, 1.165) is 25.7 Å². The van der Waals surface area contributed by atoms with Crippen LogP contribution in [0.25, 0.3) is 0 Å². The average Bonchev–Trinajstić information content (AvgIpc) is 3.08. The molecular weight excluding hydrogens is 358 g/mol. The summed E-state index contributed by atoms with van der Waals surface area (Å²) in [7, 11) is 1.46. The summed E-state index contributed by atoms with van der Waals surface area (Å²) in [6, 6.07) is 3.12. The lowest BCUT2D eigenvalue weighted by molar-refractivity contribution is -0.129. The van der Waals surface area contributed by atoms with Gasteiger partial charge in [-0.3, -0.25) is 4.79 Å². The van der Waals surface area contributed by atoms with Crippen molar-refractivity contribution in [3.63, 3.8) is 0 Å². The van der Waals surface area contributed by atoms with Crippen molar-refractivity contribution < 1.29 is 23.8 Å². The van der Waals surface area contributed by atoms with Crippen LogP contribution in [0.4, 0.5) is 0 Å². The lowest BCUT2D eigenvalue weighted by atomic mass is 10.2. The summed E-state index contributed by atoms with van der Waals surface area (Å²) in [6.45, 7) is 5.28. The van der Waals surface area contributed by atoms with Gasteiger partial charge in [0, 0.05) is 6.04 Å². The molecule has 0 saturated heterocycles. The second-order valence-electron chi connectivity index (χ2n) is 6.69. The first-order valence-electron chi connectivity index (χ1n) is 8.87. The predicted octanol–water partition coefficient (Wildman–Crippen LogP) is 3.74. The Morgan fingerprint density at radius 2 is 1.85 bits per heavy atom. The molecule has 1 unspecified atom stereocenters. The number of methoxy groups -OCH3 is 1. The Hall–Kier alpha value is -1.95. The van der Waals surface area contributed by atoms with Crippen LogP contribution in [0.15, 0.2) is 12.1 Å². The summed E-state index contributed by atoms with van der Waals surface area (Å²) in [5, 5.41) is 3.16. The fraction of sp³-hybridized carbons (Fsp3) is 0.579. The van der Waals surface area contributed by atoms with Crippen LogP contribution in [-0.2, 0) is 9.53 Å². The first-order valence-corrected chi connectivity index (χ1v) is 9.25. The Morgan fingerprint density at radius 3 is 2.42 bits per heavy atom. The van der Waals surface area contributed by atoms with E-state index in [1.807, 2.05) is 13.8 Å². The van der Waals surface area contributed by atoms with Crippen molar-refractivity contribution in [2.24, 2.45) is 0 Å². The maximum atomic E-state index is 12.4. The molecule has 1 aromatic carbocycles. The first-order chi connectivity index (χ1) is 12.3. The van der Waals surface area contributed by atoms with Crippen molar-refractivity contribution in [1.29, 1.82) is 0 Å². The Morgan fingerprint density at radius 1 is 1.19 bits per heavy atom. The molecule has 0 heterocycles. The fourth-order valence-corrected chi connectivity index (χ4v) is 3.11. The minimum Gasteiger partial charge on any atom is -0.493 e. The van der Waals surface area contributed by atoms with E-state index in [0.29, 0.717) is 11.5 Å². The highest BCUT2D eigenvalue weighted by Gasteiger charge is 2.25. The number of carbonyl (C=O) groups excluding carboxylic acids is 2. The minimum atomic E-state index is -0.889. The second-order valence-corrected chi connectivity index (χ2v) is 7.10. The smallest absolute Gasteiger partial charge is 0.339 e. The van der Waals surface area contributed by atoms with E-state index in [9.17, 15) is 9.59 Å². The Bertz CT molecular complexity index is 656. The van der Waals surface area contributed by atoms with Gasteiger partial charge in [-0.05, 0) is 45.7 Å². The molecule has 6 nitrogen and oxygen atoms in total. The number of halogens is 1. The lowest BCUT2D eigenvalue weighted by Crippen LogP contribution is -2.40. The fourth-order valence-electron chi connectivity index (χ4n) is 2.86. The quantitative estimate of drug-likeness (QED) is 0.726. The molecule has 0 aromatic heterocycles.